The second-order valence-electron chi connectivity index (χ2n) is 3.33. The monoisotopic (exact) mass is 175 g/mol. The molecule has 0 radical (unpaired) electrons. The van der Waals surface area contributed by atoms with Crippen LogP contribution in [0.15, 0.2) is 0 Å². The van der Waals surface area contributed by atoms with Crippen LogP contribution in [0.5, 0.6) is 0 Å². The van der Waals surface area contributed by atoms with Gasteiger partial charge in [-0.3, -0.25) is 0 Å². The largest absolute Gasteiger partial charge is 0.385 e. The highest BCUT2D eigenvalue weighted by Gasteiger charge is 1.80. The van der Waals surface area contributed by atoms with Gasteiger partial charge in [-0.1, -0.05) is 33.6 Å². The van der Waals surface area contributed by atoms with Gasteiger partial charge in [-0.15, -0.1) is 0 Å². The summed E-state index contributed by atoms with van der Waals surface area (Å²) in [6.07, 6.45) is 3.80. The highest BCUT2D eigenvalue weighted by molar-refractivity contribution is 4.38. The second kappa shape index (κ2) is 13.5. The molecular weight excluding hydrogens is 150 g/mol. The zero-order valence-electron chi connectivity index (χ0n) is 9.10. The third-order valence-electron chi connectivity index (χ3n) is 1.42. The maximum absolute atomic E-state index is 5.17. The topological polar surface area (TPSA) is 35.2 Å². The van der Waals surface area contributed by atoms with Gasteiger partial charge in [-0.05, 0) is 18.9 Å². The molecule has 2 heteroatoms. The van der Waals surface area contributed by atoms with Crippen molar-refractivity contribution in [1.82, 2.24) is 0 Å². The van der Waals surface area contributed by atoms with Crippen LogP contribution in [0.4, 0.5) is 0 Å². The average molecular weight is 175 g/mol. The third kappa shape index (κ3) is 22.5. The maximum Gasteiger partial charge on any atom is 0.0462 e. The summed E-state index contributed by atoms with van der Waals surface area (Å²) in [4.78, 5) is 0. The summed E-state index contributed by atoms with van der Waals surface area (Å²) in [6.45, 7) is 8.11. The quantitative estimate of drug-likeness (QED) is 0.651. The van der Waals surface area contributed by atoms with E-state index < -0.39 is 0 Å². The molecule has 2 nitrogen and oxygen atoms in total. The highest BCUT2D eigenvalue weighted by Crippen LogP contribution is 1.91. The molecule has 2 N–H and O–H groups in total. The third-order valence-corrected chi connectivity index (χ3v) is 1.42. The Labute approximate surface area is 77.5 Å². The van der Waals surface area contributed by atoms with Gasteiger partial charge < -0.3 is 10.5 Å². The van der Waals surface area contributed by atoms with E-state index in [0.29, 0.717) is 5.92 Å². The normalized spacial score (nSPS) is 9.50. The van der Waals surface area contributed by atoms with Gasteiger partial charge in [0.2, 0.25) is 0 Å². The van der Waals surface area contributed by atoms with E-state index in [0.717, 1.165) is 13.2 Å². The van der Waals surface area contributed by atoms with Crippen molar-refractivity contribution in [3.63, 3.8) is 0 Å². The first-order valence-corrected chi connectivity index (χ1v) is 4.88. The number of ether oxygens (including phenoxy) is 1. The van der Waals surface area contributed by atoms with Gasteiger partial charge >= 0.3 is 0 Å². The Balaban J connectivity index is 0. The molecule has 76 valence electrons. The number of nitrogens with two attached hydrogens (primary N) is 1. The SMILES string of the molecule is CC(C)CN.CCCCCOC. The number of hydrogen-bond acceptors (Lipinski definition) is 2. The molecular formula is C10H25NO. The molecule has 0 aliphatic heterocycles. The lowest BCUT2D eigenvalue weighted by Gasteiger charge is -1.92. The van der Waals surface area contributed by atoms with Crippen LogP contribution in [0.2, 0.25) is 0 Å². The second-order valence-corrected chi connectivity index (χ2v) is 3.33. The van der Waals surface area contributed by atoms with Crippen molar-refractivity contribution in [3.05, 3.63) is 0 Å². The molecule has 0 saturated carbocycles. The molecule has 0 aromatic carbocycles. The van der Waals surface area contributed by atoms with Gasteiger partial charge in [-0.25, -0.2) is 0 Å². The van der Waals surface area contributed by atoms with E-state index in [2.05, 4.69) is 20.8 Å². The summed E-state index contributed by atoms with van der Waals surface area (Å²) in [5.74, 6) is 0.662. The van der Waals surface area contributed by atoms with Gasteiger partial charge in [-0.2, -0.15) is 0 Å². The lowest BCUT2D eigenvalue weighted by molar-refractivity contribution is 0.192. The minimum atomic E-state index is 0.662. The minimum Gasteiger partial charge on any atom is -0.385 e. The van der Waals surface area contributed by atoms with E-state index in [1.807, 2.05) is 0 Å². The standard InChI is InChI=1S/C6H14O.C4H11N/c1-3-4-5-6-7-2;1-4(2)3-5/h3-6H2,1-2H3;4H,3,5H2,1-2H3. The first kappa shape index (κ1) is 14.4. The lowest BCUT2D eigenvalue weighted by atomic mass is 10.2. The molecule has 0 aromatic heterocycles. The van der Waals surface area contributed by atoms with E-state index in [4.69, 9.17) is 10.5 Å². The van der Waals surface area contributed by atoms with Gasteiger partial charge in [0.25, 0.3) is 0 Å². The van der Waals surface area contributed by atoms with Crippen LogP contribution in [0.25, 0.3) is 0 Å². The van der Waals surface area contributed by atoms with Crippen LogP contribution in [0.3, 0.4) is 0 Å². The number of rotatable bonds is 5. The molecule has 0 rings (SSSR count). The van der Waals surface area contributed by atoms with Crippen molar-refractivity contribution in [2.45, 2.75) is 40.0 Å². The van der Waals surface area contributed by atoms with Crippen molar-refractivity contribution in [3.8, 4) is 0 Å². The molecule has 0 fully saturated rings. The van der Waals surface area contributed by atoms with Crippen molar-refractivity contribution in [2.75, 3.05) is 20.3 Å². The molecule has 0 atom stereocenters. The van der Waals surface area contributed by atoms with Crippen molar-refractivity contribution in [1.29, 1.82) is 0 Å². The van der Waals surface area contributed by atoms with E-state index in [1.54, 1.807) is 7.11 Å². The van der Waals surface area contributed by atoms with Crippen molar-refractivity contribution in [2.24, 2.45) is 11.7 Å². The Bertz CT molecular complexity index is 60.9. The van der Waals surface area contributed by atoms with Gasteiger partial charge in [0, 0.05) is 13.7 Å². The molecule has 0 saturated heterocycles. The van der Waals surface area contributed by atoms with Crippen LogP contribution in [0.1, 0.15) is 40.0 Å². The van der Waals surface area contributed by atoms with Crippen LogP contribution in [-0.4, -0.2) is 20.3 Å². The van der Waals surface area contributed by atoms with Crippen LogP contribution < -0.4 is 5.73 Å². The summed E-state index contributed by atoms with van der Waals surface area (Å²) < 4.78 is 4.84. The first-order chi connectivity index (χ1) is 5.68. The summed E-state index contributed by atoms with van der Waals surface area (Å²) in [6, 6.07) is 0. The van der Waals surface area contributed by atoms with Crippen LogP contribution >= 0.6 is 0 Å². The van der Waals surface area contributed by atoms with Gasteiger partial charge in [0.15, 0.2) is 0 Å². The predicted molar refractivity (Wildman–Crippen MR) is 55.3 cm³/mol. The summed E-state index contributed by atoms with van der Waals surface area (Å²) in [7, 11) is 1.75. The van der Waals surface area contributed by atoms with Crippen LogP contribution in [0, 0.1) is 5.92 Å². The van der Waals surface area contributed by atoms with Crippen molar-refractivity contribution < 1.29 is 4.74 Å². The maximum atomic E-state index is 5.17. The molecule has 0 aliphatic rings. The Morgan fingerprint density at radius 3 is 2.00 bits per heavy atom. The van der Waals surface area contributed by atoms with E-state index >= 15 is 0 Å². The summed E-state index contributed by atoms with van der Waals surface area (Å²) >= 11 is 0. The number of unbranched alkanes of at least 4 members (excludes halogenated alkanes) is 2. The molecule has 0 bridgehead atoms. The Morgan fingerprint density at radius 1 is 1.25 bits per heavy atom. The van der Waals surface area contributed by atoms with E-state index in [-0.39, 0.29) is 0 Å². The zero-order chi connectivity index (χ0) is 9.82. The Hall–Kier alpha value is -0.0800. The highest BCUT2D eigenvalue weighted by atomic mass is 16.5. The Kier molecular flexibility index (Phi) is 16.3. The number of methoxy groups -OCH3 is 1. The fourth-order valence-corrected chi connectivity index (χ4v) is 0.496. The number of hydrogen-bond donors (Lipinski definition) is 1. The molecule has 0 spiro atoms. The molecule has 0 aromatic rings. The summed E-state index contributed by atoms with van der Waals surface area (Å²) in [5, 5.41) is 0. The molecule has 0 unspecified atom stereocenters. The summed E-state index contributed by atoms with van der Waals surface area (Å²) in [5.41, 5.74) is 5.17. The lowest BCUT2D eigenvalue weighted by Crippen LogP contribution is -2.05. The molecule has 0 aliphatic carbocycles. The predicted octanol–water partition coefficient (Wildman–Crippen LogP) is 2.42. The van der Waals surface area contributed by atoms with E-state index in [9.17, 15) is 0 Å². The van der Waals surface area contributed by atoms with Crippen LogP contribution in [-0.2, 0) is 4.74 Å². The smallest absolute Gasteiger partial charge is 0.0462 e. The first-order valence-electron chi connectivity index (χ1n) is 4.88. The zero-order valence-corrected chi connectivity index (χ0v) is 9.10. The molecule has 0 heterocycles. The fraction of sp³-hybridized carbons (Fsp3) is 1.00. The van der Waals surface area contributed by atoms with E-state index in [1.165, 1.54) is 19.3 Å². The fourth-order valence-electron chi connectivity index (χ4n) is 0.496. The minimum absolute atomic E-state index is 0.662. The Morgan fingerprint density at radius 2 is 1.75 bits per heavy atom. The molecule has 12 heavy (non-hydrogen) atoms. The van der Waals surface area contributed by atoms with Crippen molar-refractivity contribution >= 4 is 0 Å². The molecule has 0 amide bonds. The average Bonchev–Trinajstić information content (AvgIpc) is 2.07. The van der Waals surface area contributed by atoms with Gasteiger partial charge in [0.05, 0.1) is 0 Å². The van der Waals surface area contributed by atoms with Gasteiger partial charge in [0.1, 0.15) is 0 Å².